The van der Waals surface area contributed by atoms with Crippen molar-refractivity contribution in [1.29, 1.82) is 0 Å². The molecular formula is C19H26N3O2+. The number of hydrogen-bond acceptors (Lipinski definition) is 3. The van der Waals surface area contributed by atoms with Crippen LogP contribution in [0.3, 0.4) is 0 Å². The van der Waals surface area contributed by atoms with Crippen molar-refractivity contribution in [3.63, 3.8) is 0 Å². The fourth-order valence-electron chi connectivity index (χ4n) is 3.68. The number of aromatic nitrogens is 1. The van der Waals surface area contributed by atoms with Crippen molar-refractivity contribution in [1.82, 2.24) is 4.98 Å². The summed E-state index contributed by atoms with van der Waals surface area (Å²) in [6.45, 7) is 10.7. The van der Waals surface area contributed by atoms with Crippen LogP contribution in [0.25, 0.3) is 10.9 Å². The van der Waals surface area contributed by atoms with Crippen molar-refractivity contribution < 1.29 is 14.4 Å². The number of quaternary nitrogens is 1. The Balaban J connectivity index is 1.93. The van der Waals surface area contributed by atoms with Gasteiger partial charge in [0.2, 0.25) is 0 Å². The van der Waals surface area contributed by atoms with Gasteiger partial charge in [0.05, 0.1) is 24.3 Å². The van der Waals surface area contributed by atoms with Crippen molar-refractivity contribution in [3.8, 4) is 0 Å². The van der Waals surface area contributed by atoms with Crippen molar-refractivity contribution in [2.45, 2.75) is 33.2 Å². The maximum Gasteiger partial charge on any atom is 0.514 e. The smallest absolute Gasteiger partial charge is 0.435 e. The highest BCUT2D eigenvalue weighted by Gasteiger charge is 2.49. The highest BCUT2D eigenvalue weighted by Crippen LogP contribution is 2.32. The lowest BCUT2D eigenvalue weighted by molar-refractivity contribution is -0.903. The Morgan fingerprint density at radius 2 is 1.83 bits per heavy atom. The average molecular weight is 328 g/mol. The van der Waals surface area contributed by atoms with Crippen molar-refractivity contribution in [2.75, 3.05) is 31.1 Å². The Morgan fingerprint density at radius 1 is 1.17 bits per heavy atom. The largest absolute Gasteiger partial charge is 0.514 e. The van der Waals surface area contributed by atoms with Crippen LogP contribution >= 0.6 is 0 Å². The topological polar surface area (TPSA) is 53.4 Å². The number of para-hydroxylation sites is 1. The number of anilines is 1. The molecule has 2 aromatic rings. The number of amides is 1. The maximum atomic E-state index is 12.0. The Morgan fingerprint density at radius 3 is 2.42 bits per heavy atom. The van der Waals surface area contributed by atoms with Crippen LogP contribution in [-0.4, -0.2) is 52.4 Å². The van der Waals surface area contributed by atoms with Crippen LogP contribution < -0.4 is 4.90 Å². The van der Waals surface area contributed by atoms with Crippen molar-refractivity contribution in [3.05, 3.63) is 36.0 Å². The normalized spacial score (nSPS) is 17.9. The molecule has 0 radical (unpaired) electrons. The molecule has 0 atom stereocenters. The molecule has 1 aromatic heterocycles. The van der Waals surface area contributed by atoms with Crippen LogP contribution in [0.5, 0.6) is 0 Å². The minimum atomic E-state index is -0.728. The van der Waals surface area contributed by atoms with Gasteiger partial charge in [-0.1, -0.05) is 18.2 Å². The zero-order valence-electron chi connectivity index (χ0n) is 14.9. The lowest BCUT2D eigenvalue weighted by atomic mass is 9.99. The molecule has 1 aliphatic heterocycles. The van der Waals surface area contributed by atoms with Crippen LogP contribution in [0.15, 0.2) is 30.3 Å². The fraction of sp³-hybridized carbons (Fsp3) is 0.474. The van der Waals surface area contributed by atoms with Gasteiger partial charge in [0.1, 0.15) is 18.6 Å². The van der Waals surface area contributed by atoms with Gasteiger partial charge in [-0.15, -0.1) is 0 Å². The average Bonchev–Trinajstić information content (AvgIpc) is 2.53. The molecule has 0 spiro atoms. The number of piperazine rings is 1. The summed E-state index contributed by atoms with van der Waals surface area (Å²) in [7, 11) is 0. The number of carboxylic acid groups (broad SMARTS) is 1. The van der Waals surface area contributed by atoms with Crippen LogP contribution in [0.2, 0.25) is 0 Å². The summed E-state index contributed by atoms with van der Waals surface area (Å²) < 4.78 is 0.112. The lowest BCUT2D eigenvalue weighted by Crippen LogP contribution is -2.69. The Hall–Kier alpha value is -2.14. The molecule has 1 amide bonds. The third-order valence-electron chi connectivity index (χ3n) is 5.33. The first-order chi connectivity index (χ1) is 11.2. The van der Waals surface area contributed by atoms with Gasteiger partial charge >= 0.3 is 6.09 Å². The Labute approximate surface area is 143 Å². The third-order valence-corrected chi connectivity index (χ3v) is 5.33. The number of hydrogen-bond donors (Lipinski definition) is 1. The predicted molar refractivity (Wildman–Crippen MR) is 96.5 cm³/mol. The van der Waals surface area contributed by atoms with Crippen LogP contribution in [0.4, 0.5) is 10.5 Å². The third kappa shape index (κ3) is 2.63. The van der Waals surface area contributed by atoms with Crippen molar-refractivity contribution in [2.24, 2.45) is 0 Å². The summed E-state index contributed by atoms with van der Waals surface area (Å²) in [4.78, 5) is 19.0. The molecule has 0 unspecified atom stereocenters. The number of benzene rings is 1. The second-order valence-electron chi connectivity index (χ2n) is 7.66. The number of fused-ring (bicyclic) bond motifs is 1. The monoisotopic (exact) mass is 328 g/mol. The molecule has 1 N–H and O–H groups in total. The number of nitrogens with zero attached hydrogens (tertiary/aromatic N) is 3. The Kier molecular flexibility index (Phi) is 4.00. The van der Waals surface area contributed by atoms with E-state index in [1.54, 1.807) is 0 Å². The first-order valence-corrected chi connectivity index (χ1v) is 8.47. The molecule has 1 saturated heterocycles. The molecule has 0 bridgehead atoms. The summed E-state index contributed by atoms with van der Waals surface area (Å²) in [5, 5.41) is 11.0. The molecule has 0 aliphatic carbocycles. The van der Waals surface area contributed by atoms with E-state index in [9.17, 15) is 9.90 Å². The maximum absolute atomic E-state index is 12.0. The molecule has 0 saturated carbocycles. The molecule has 1 fully saturated rings. The van der Waals surface area contributed by atoms with Crippen LogP contribution in [0.1, 0.15) is 26.5 Å². The molecule has 2 heterocycles. The predicted octanol–water partition coefficient (Wildman–Crippen LogP) is 3.66. The highest BCUT2D eigenvalue weighted by atomic mass is 16.4. The van der Waals surface area contributed by atoms with E-state index in [0.29, 0.717) is 13.1 Å². The van der Waals surface area contributed by atoms with E-state index in [1.165, 1.54) is 0 Å². The molecule has 5 nitrogen and oxygen atoms in total. The minimum absolute atomic E-state index is 0.112. The quantitative estimate of drug-likeness (QED) is 0.812. The first-order valence-electron chi connectivity index (χ1n) is 8.47. The van der Waals surface area contributed by atoms with Gasteiger partial charge in [0.15, 0.2) is 0 Å². The first kappa shape index (κ1) is 16.7. The summed E-state index contributed by atoms with van der Waals surface area (Å²) in [5.41, 5.74) is 2.79. The fourth-order valence-corrected chi connectivity index (χ4v) is 3.68. The zero-order valence-corrected chi connectivity index (χ0v) is 14.9. The van der Waals surface area contributed by atoms with E-state index in [2.05, 4.69) is 23.1 Å². The molecule has 1 aliphatic rings. The van der Waals surface area contributed by atoms with Gasteiger partial charge in [-0.2, -0.15) is 4.79 Å². The van der Waals surface area contributed by atoms with E-state index in [4.69, 9.17) is 4.98 Å². The molecule has 1 aromatic carbocycles. The minimum Gasteiger partial charge on any atom is -0.435 e. The van der Waals surface area contributed by atoms with Gasteiger partial charge in [-0.3, -0.25) is 4.98 Å². The standard InChI is InChI=1S/C19H25N3O2/c1-14-8-9-15-6-5-7-16(17(15)20-14)21-10-12-22(13-11-21,18(23)24)19(2,3)4/h5-9H,10-13H2,1-4H3/p+1. The van der Waals surface area contributed by atoms with E-state index in [0.717, 1.165) is 35.4 Å². The number of pyridine rings is 1. The van der Waals surface area contributed by atoms with Crippen LogP contribution in [0, 0.1) is 6.92 Å². The van der Waals surface area contributed by atoms with Crippen molar-refractivity contribution >= 4 is 22.7 Å². The lowest BCUT2D eigenvalue weighted by Gasteiger charge is -2.48. The Bertz CT molecular complexity index is 772. The summed E-state index contributed by atoms with van der Waals surface area (Å²) in [6, 6.07) is 10.3. The van der Waals surface area contributed by atoms with Gasteiger partial charge < -0.3 is 10.0 Å². The summed E-state index contributed by atoms with van der Waals surface area (Å²) in [5.74, 6) is 0. The molecule has 24 heavy (non-hydrogen) atoms. The summed E-state index contributed by atoms with van der Waals surface area (Å²) in [6.07, 6.45) is -0.728. The van der Waals surface area contributed by atoms with E-state index in [-0.39, 0.29) is 10.0 Å². The van der Waals surface area contributed by atoms with E-state index in [1.807, 2.05) is 39.8 Å². The molecular weight excluding hydrogens is 302 g/mol. The molecule has 128 valence electrons. The number of carbonyl (C=O) groups is 1. The molecule has 5 heteroatoms. The van der Waals surface area contributed by atoms with Gasteiger partial charge in [0, 0.05) is 11.1 Å². The van der Waals surface area contributed by atoms with E-state index >= 15 is 0 Å². The second kappa shape index (κ2) is 5.74. The van der Waals surface area contributed by atoms with Gasteiger partial charge in [0.25, 0.3) is 0 Å². The highest BCUT2D eigenvalue weighted by molar-refractivity contribution is 5.91. The SMILES string of the molecule is Cc1ccc2cccc(N3CC[N+](C(=O)O)(C(C)(C)C)CC3)c2n1. The zero-order chi connectivity index (χ0) is 17.5. The number of aryl methyl sites for hydroxylation is 1. The second-order valence-corrected chi connectivity index (χ2v) is 7.66. The number of rotatable bonds is 1. The molecule has 3 rings (SSSR count). The van der Waals surface area contributed by atoms with Gasteiger partial charge in [-0.25, -0.2) is 4.48 Å². The van der Waals surface area contributed by atoms with Crippen LogP contribution in [-0.2, 0) is 0 Å². The van der Waals surface area contributed by atoms with E-state index < -0.39 is 6.09 Å². The van der Waals surface area contributed by atoms with Gasteiger partial charge in [-0.05, 0) is 39.8 Å². The summed E-state index contributed by atoms with van der Waals surface area (Å²) >= 11 is 0.